The highest BCUT2D eigenvalue weighted by Crippen LogP contribution is 2.34. The van der Waals surface area contributed by atoms with Gasteiger partial charge < -0.3 is 4.74 Å². The number of ether oxygens (including phenoxy) is 1. The lowest BCUT2D eigenvalue weighted by Gasteiger charge is -2.15. The first-order chi connectivity index (χ1) is 10.2. The van der Waals surface area contributed by atoms with Crippen LogP contribution in [0.25, 0.3) is 0 Å². The maximum atomic E-state index is 6.34. The molecule has 3 rings (SSSR count). The average Bonchev–Trinajstić information content (AvgIpc) is 3.08. The fourth-order valence-corrected chi connectivity index (χ4v) is 4.10. The van der Waals surface area contributed by atoms with Crippen LogP contribution < -0.4 is 16.0 Å². The Kier molecular flexibility index (Phi) is 4.50. The Hall–Kier alpha value is -1.07. The van der Waals surface area contributed by atoms with Crippen molar-refractivity contribution in [2.75, 3.05) is 6.61 Å². The molecule has 0 bridgehead atoms. The summed E-state index contributed by atoms with van der Waals surface area (Å²) in [4.78, 5) is 1.13. The predicted molar refractivity (Wildman–Crippen MR) is 88.1 cm³/mol. The molecular formula is C16H19ClN2OS. The number of nitrogens with one attached hydrogen (secondary N) is 1. The van der Waals surface area contributed by atoms with Crippen LogP contribution in [0, 0.1) is 6.92 Å². The van der Waals surface area contributed by atoms with Crippen molar-refractivity contribution in [3.8, 4) is 5.75 Å². The van der Waals surface area contributed by atoms with Crippen molar-refractivity contribution >= 4 is 22.9 Å². The lowest BCUT2D eigenvalue weighted by Crippen LogP contribution is -2.28. The Labute approximate surface area is 134 Å². The summed E-state index contributed by atoms with van der Waals surface area (Å²) in [6.07, 6.45) is 2.91. The lowest BCUT2D eigenvalue weighted by atomic mass is 10.0. The summed E-state index contributed by atoms with van der Waals surface area (Å²) in [5, 5.41) is 2.92. The number of aryl methyl sites for hydroxylation is 2. The molecule has 0 saturated carbocycles. The van der Waals surface area contributed by atoms with E-state index in [0.717, 1.165) is 47.1 Å². The molecule has 1 aliphatic heterocycles. The van der Waals surface area contributed by atoms with E-state index in [1.165, 1.54) is 11.1 Å². The molecule has 0 saturated heterocycles. The molecule has 21 heavy (non-hydrogen) atoms. The number of fused-ring (bicyclic) bond motifs is 1. The Morgan fingerprint density at radius 2 is 2.33 bits per heavy atom. The van der Waals surface area contributed by atoms with E-state index in [1.54, 1.807) is 11.3 Å². The zero-order chi connectivity index (χ0) is 14.8. The van der Waals surface area contributed by atoms with Crippen LogP contribution in [0.2, 0.25) is 5.02 Å². The summed E-state index contributed by atoms with van der Waals surface area (Å²) < 4.78 is 5.54. The summed E-state index contributed by atoms with van der Waals surface area (Å²) in [6.45, 7) is 2.83. The molecule has 0 aliphatic carbocycles. The minimum Gasteiger partial charge on any atom is -0.493 e. The van der Waals surface area contributed by atoms with Gasteiger partial charge in [0, 0.05) is 11.3 Å². The minimum atomic E-state index is 0.0979. The average molecular weight is 323 g/mol. The van der Waals surface area contributed by atoms with Gasteiger partial charge in [-0.05, 0) is 47.9 Å². The molecular weight excluding hydrogens is 304 g/mol. The SMILES string of the molecule is Cc1csc(C(CCc2ccc3c(c2)CCO3)NN)c1Cl. The lowest BCUT2D eigenvalue weighted by molar-refractivity contribution is 0.357. The highest BCUT2D eigenvalue weighted by Gasteiger charge is 2.18. The molecule has 0 fully saturated rings. The van der Waals surface area contributed by atoms with E-state index in [2.05, 4.69) is 29.0 Å². The van der Waals surface area contributed by atoms with Gasteiger partial charge in [0.1, 0.15) is 5.75 Å². The zero-order valence-electron chi connectivity index (χ0n) is 12.0. The van der Waals surface area contributed by atoms with Crippen molar-refractivity contribution in [1.82, 2.24) is 5.43 Å². The molecule has 112 valence electrons. The smallest absolute Gasteiger partial charge is 0.122 e. The number of hydrogen-bond donors (Lipinski definition) is 2. The molecule has 1 atom stereocenters. The van der Waals surface area contributed by atoms with Crippen LogP contribution in [-0.4, -0.2) is 6.61 Å². The van der Waals surface area contributed by atoms with Gasteiger partial charge in [0.15, 0.2) is 0 Å². The number of hydrazine groups is 1. The van der Waals surface area contributed by atoms with Gasteiger partial charge in [0.05, 0.1) is 17.7 Å². The topological polar surface area (TPSA) is 47.3 Å². The fraction of sp³-hybridized carbons (Fsp3) is 0.375. The molecule has 0 spiro atoms. The summed E-state index contributed by atoms with van der Waals surface area (Å²) in [5.74, 6) is 6.75. The maximum absolute atomic E-state index is 6.34. The zero-order valence-corrected chi connectivity index (χ0v) is 13.6. The van der Waals surface area contributed by atoms with Gasteiger partial charge in [-0.2, -0.15) is 0 Å². The third kappa shape index (κ3) is 3.09. The molecule has 3 nitrogen and oxygen atoms in total. The number of benzene rings is 1. The van der Waals surface area contributed by atoms with E-state index >= 15 is 0 Å². The van der Waals surface area contributed by atoms with Crippen LogP contribution in [0.5, 0.6) is 5.75 Å². The van der Waals surface area contributed by atoms with Crippen molar-refractivity contribution in [3.63, 3.8) is 0 Å². The maximum Gasteiger partial charge on any atom is 0.122 e. The van der Waals surface area contributed by atoms with Crippen molar-refractivity contribution in [1.29, 1.82) is 0 Å². The summed E-state index contributed by atoms with van der Waals surface area (Å²) >= 11 is 8.01. The van der Waals surface area contributed by atoms with Gasteiger partial charge in [-0.25, -0.2) is 0 Å². The van der Waals surface area contributed by atoms with Crippen LogP contribution in [0.1, 0.15) is 34.0 Å². The molecule has 5 heteroatoms. The van der Waals surface area contributed by atoms with Gasteiger partial charge in [-0.15, -0.1) is 11.3 Å². The summed E-state index contributed by atoms with van der Waals surface area (Å²) in [6, 6.07) is 6.56. The summed E-state index contributed by atoms with van der Waals surface area (Å²) in [5.41, 5.74) is 6.65. The highest BCUT2D eigenvalue weighted by atomic mass is 35.5. The van der Waals surface area contributed by atoms with Crippen LogP contribution >= 0.6 is 22.9 Å². The van der Waals surface area contributed by atoms with E-state index in [0.29, 0.717) is 0 Å². The molecule has 1 aliphatic rings. The fourth-order valence-electron chi connectivity index (χ4n) is 2.68. The van der Waals surface area contributed by atoms with Crippen molar-refractivity contribution in [2.45, 2.75) is 32.2 Å². The second-order valence-corrected chi connectivity index (χ2v) is 6.68. The first kappa shape index (κ1) is 14.9. The number of thiophene rings is 1. The number of halogens is 1. The quantitative estimate of drug-likeness (QED) is 0.650. The molecule has 1 unspecified atom stereocenters. The first-order valence-electron chi connectivity index (χ1n) is 7.13. The van der Waals surface area contributed by atoms with E-state index in [-0.39, 0.29) is 6.04 Å². The second-order valence-electron chi connectivity index (χ2n) is 5.40. The Bertz CT molecular complexity index is 641. The number of nitrogens with two attached hydrogens (primary N) is 1. The standard InChI is InChI=1S/C16H19ClN2OS/c1-10-9-21-16(15(10)17)13(19-18)4-2-11-3-5-14-12(8-11)6-7-20-14/h3,5,8-9,13,19H,2,4,6-7,18H2,1H3. The van der Waals surface area contributed by atoms with Gasteiger partial charge in [-0.1, -0.05) is 23.7 Å². The first-order valence-corrected chi connectivity index (χ1v) is 8.39. The van der Waals surface area contributed by atoms with Crippen LogP contribution in [0.4, 0.5) is 0 Å². The third-order valence-corrected chi connectivity index (χ3v) is 5.75. The van der Waals surface area contributed by atoms with Crippen molar-refractivity contribution in [3.05, 3.63) is 50.2 Å². The molecule has 2 heterocycles. The third-order valence-electron chi connectivity index (χ3n) is 3.92. The van der Waals surface area contributed by atoms with Crippen molar-refractivity contribution < 1.29 is 4.74 Å². The molecule has 0 amide bonds. The molecule has 1 aromatic carbocycles. The molecule has 2 aromatic rings. The van der Waals surface area contributed by atoms with Crippen molar-refractivity contribution in [2.24, 2.45) is 5.84 Å². The molecule has 3 N–H and O–H groups in total. The number of rotatable bonds is 5. The Balaban J connectivity index is 1.69. The van der Waals surface area contributed by atoms with E-state index in [4.69, 9.17) is 22.2 Å². The van der Waals surface area contributed by atoms with E-state index in [9.17, 15) is 0 Å². The second kappa shape index (κ2) is 6.36. The number of hydrogen-bond acceptors (Lipinski definition) is 4. The van der Waals surface area contributed by atoms with Gasteiger partial charge in [0.25, 0.3) is 0 Å². The van der Waals surface area contributed by atoms with Crippen LogP contribution in [0.15, 0.2) is 23.6 Å². The van der Waals surface area contributed by atoms with Crippen LogP contribution in [0.3, 0.4) is 0 Å². The Morgan fingerprint density at radius 1 is 1.48 bits per heavy atom. The molecule has 1 aromatic heterocycles. The van der Waals surface area contributed by atoms with Gasteiger partial charge >= 0.3 is 0 Å². The Morgan fingerprint density at radius 3 is 3.05 bits per heavy atom. The van der Waals surface area contributed by atoms with Gasteiger partial charge in [-0.3, -0.25) is 11.3 Å². The normalized spacial score (nSPS) is 14.8. The monoisotopic (exact) mass is 322 g/mol. The summed E-state index contributed by atoms with van der Waals surface area (Å²) in [7, 11) is 0. The highest BCUT2D eigenvalue weighted by molar-refractivity contribution is 7.10. The predicted octanol–water partition coefficient (Wildman–Crippen LogP) is 3.78. The van der Waals surface area contributed by atoms with Crippen LogP contribution in [-0.2, 0) is 12.8 Å². The minimum absolute atomic E-state index is 0.0979. The van der Waals surface area contributed by atoms with Gasteiger partial charge in [0.2, 0.25) is 0 Å². The molecule has 0 radical (unpaired) electrons. The van der Waals surface area contributed by atoms with E-state index < -0.39 is 0 Å². The largest absolute Gasteiger partial charge is 0.493 e. The van der Waals surface area contributed by atoms with E-state index in [1.807, 2.05) is 6.92 Å².